The fourth-order valence-corrected chi connectivity index (χ4v) is 2.85. The van der Waals surface area contributed by atoms with E-state index in [1.165, 1.54) is 18.5 Å². The molecule has 0 saturated heterocycles. The first-order valence-electron chi connectivity index (χ1n) is 7.75. The summed E-state index contributed by atoms with van der Waals surface area (Å²) in [5.41, 5.74) is 1.47. The summed E-state index contributed by atoms with van der Waals surface area (Å²) in [7, 11) is 3.72. The summed E-state index contributed by atoms with van der Waals surface area (Å²) in [6.07, 6.45) is 6.75. The molecule has 0 saturated carbocycles. The normalized spacial score (nSPS) is 12.4. The number of fused-ring (bicyclic) bond motifs is 1. The van der Waals surface area contributed by atoms with Crippen molar-refractivity contribution in [2.24, 2.45) is 14.1 Å². The molecule has 0 spiro atoms. The number of hydrogen-bond donors (Lipinski definition) is 1. The van der Waals surface area contributed by atoms with Crippen molar-refractivity contribution in [2.75, 3.05) is 5.32 Å². The van der Waals surface area contributed by atoms with E-state index in [1.807, 2.05) is 30.9 Å². The van der Waals surface area contributed by atoms with Crippen LogP contribution in [-0.4, -0.2) is 29.3 Å². The molecule has 0 aliphatic heterocycles. The van der Waals surface area contributed by atoms with Crippen LogP contribution in [0.3, 0.4) is 0 Å². The van der Waals surface area contributed by atoms with E-state index in [-0.39, 0.29) is 11.9 Å². The van der Waals surface area contributed by atoms with E-state index in [0.29, 0.717) is 5.82 Å². The molecule has 4 aromatic rings. The van der Waals surface area contributed by atoms with Gasteiger partial charge in [0.2, 0.25) is 0 Å². The van der Waals surface area contributed by atoms with Gasteiger partial charge >= 0.3 is 0 Å². The standard InChI is InChI=1S/C17H16FN7/c1-24-7-6-19-17(24)14(11-4-3-5-12(18)8-11)23-15-13-9-22-25(2)16(13)21-10-20-15/h3-10,14H,1-2H3,(H,20,21,23). The first kappa shape index (κ1) is 15.3. The van der Waals surface area contributed by atoms with Crippen molar-refractivity contribution in [1.29, 1.82) is 0 Å². The van der Waals surface area contributed by atoms with Crippen LogP contribution in [0.2, 0.25) is 0 Å². The zero-order chi connectivity index (χ0) is 17.4. The third-order valence-corrected chi connectivity index (χ3v) is 4.11. The molecule has 4 rings (SSSR count). The van der Waals surface area contributed by atoms with E-state index in [4.69, 9.17) is 0 Å². The average molecular weight is 337 g/mol. The van der Waals surface area contributed by atoms with Crippen molar-refractivity contribution in [1.82, 2.24) is 29.3 Å². The summed E-state index contributed by atoms with van der Waals surface area (Å²) in [4.78, 5) is 13.0. The van der Waals surface area contributed by atoms with Gasteiger partial charge in [-0.1, -0.05) is 12.1 Å². The Labute approximate surface area is 143 Å². The van der Waals surface area contributed by atoms with Gasteiger partial charge in [0.1, 0.15) is 29.8 Å². The van der Waals surface area contributed by atoms with Crippen molar-refractivity contribution in [2.45, 2.75) is 6.04 Å². The Morgan fingerprint density at radius 1 is 1.16 bits per heavy atom. The van der Waals surface area contributed by atoms with Gasteiger partial charge in [-0.15, -0.1) is 0 Å². The van der Waals surface area contributed by atoms with Gasteiger partial charge in [-0.3, -0.25) is 4.68 Å². The van der Waals surface area contributed by atoms with Crippen LogP contribution in [0.1, 0.15) is 17.4 Å². The summed E-state index contributed by atoms with van der Waals surface area (Å²) < 4.78 is 17.3. The predicted octanol–water partition coefficient (Wildman–Crippen LogP) is 2.44. The van der Waals surface area contributed by atoms with Gasteiger partial charge in [0.15, 0.2) is 5.65 Å². The minimum atomic E-state index is -0.367. The van der Waals surface area contributed by atoms with E-state index in [2.05, 4.69) is 25.4 Å². The molecule has 1 atom stereocenters. The molecule has 0 amide bonds. The Kier molecular flexibility index (Phi) is 3.64. The fraction of sp³-hybridized carbons (Fsp3) is 0.176. The maximum absolute atomic E-state index is 13.8. The van der Waals surface area contributed by atoms with E-state index in [1.54, 1.807) is 23.1 Å². The molecule has 1 unspecified atom stereocenters. The second-order valence-corrected chi connectivity index (χ2v) is 5.76. The smallest absolute Gasteiger partial charge is 0.163 e. The largest absolute Gasteiger partial charge is 0.356 e. The minimum absolute atomic E-state index is 0.298. The maximum Gasteiger partial charge on any atom is 0.163 e. The predicted molar refractivity (Wildman–Crippen MR) is 91.4 cm³/mol. The van der Waals surface area contributed by atoms with Crippen LogP contribution in [0.15, 0.2) is 49.2 Å². The number of halogens is 1. The lowest BCUT2D eigenvalue weighted by molar-refractivity contribution is 0.622. The SMILES string of the molecule is Cn1ccnc1C(Nc1ncnc2c1cnn2C)c1cccc(F)c1. The molecule has 0 aliphatic rings. The highest BCUT2D eigenvalue weighted by atomic mass is 19.1. The van der Waals surface area contributed by atoms with E-state index >= 15 is 0 Å². The summed E-state index contributed by atoms with van der Waals surface area (Å²) in [6, 6.07) is 6.09. The zero-order valence-corrected chi connectivity index (χ0v) is 13.8. The number of nitrogens with one attached hydrogen (secondary N) is 1. The van der Waals surface area contributed by atoms with Gasteiger partial charge in [-0.2, -0.15) is 5.10 Å². The first-order valence-corrected chi connectivity index (χ1v) is 7.75. The van der Waals surface area contributed by atoms with Gasteiger partial charge in [0, 0.05) is 26.5 Å². The van der Waals surface area contributed by atoms with Crippen LogP contribution in [0.4, 0.5) is 10.2 Å². The van der Waals surface area contributed by atoms with Crippen LogP contribution in [0.5, 0.6) is 0 Å². The van der Waals surface area contributed by atoms with Crippen molar-refractivity contribution in [3.8, 4) is 0 Å². The molecular formula is C17H16FN7. The second kappa shape index (κ2) is 5.97. The molecule has 1 aromatic carbocycles. The number of rotatable bonds is 4. The number of aryl methyl sites for hydroxylation is 2. The molecule has 7 nitrogen and oxygen atoms in total. The van der Waals surface area contributed by atoms with Gasteiger partial charge in [0.25, 0.3) is 0 Å². The average Bonchev–Trinajstić information content (AvgIpc) is 3.19. The van der Waals surface area contributed by atoms with Crippen LogP contribution < -0.4 is 5.32 Å². The van der Waals surface area contributed by atoms with Crippen molar-refractivity contribution >= 4 is 16.9 Å². The third-order valence-electron chi connectivity index (χ3n) is 4.11. The number of aromatic nitrogens is 6. The molecule has 3 heterocycles. The number of anilines is 1. The van der Waals surface area contributed by atoms with Crippen LogP contribution >= 0.6 is 0 Å². The van der Waals surface area contributed by atoms with Crippen molar-refractivity contribution in [3.05, 3.63) is 66.4 Å². The fourth-order valence-electron chi connectivity index (χ4n) is 2.85. The minimum Gasteiger partial charge on any atom is -0.356 e. The molecule has 3 aromatic heterocycles. The van der Waals surface area contributed by atoms with Gasteiger partial charge < -0.3 is 9.88 Å². The highest BCUT2D eigenvalue weighted by Gasteiger charge is 2.21. The maximum atomic E-state index is 13.8. The van der Waals surface area contributed by atoms with Crippen molar-refractivity contribution in [3.63, 3.8) is 0 Å². The van der Waals surface area contributed by atoms with Crippen LogP contribution in [0.25, 0.3) is 11.0 Å². The quantitative estimate of drug-likeness (QED) is 0.619. The highest BCUT2D eigenvalue weighted by Crippen LogP contribution is 2.28. The Morgan fingerprint density at radius 3 is 2.80 bits per heavy atom. The number of imidazole rings is 1. The zero-order valence-electron chi connectivity index (χ0n) is 13.8. The number of nitrogens with zero attached hydrogens (tertiary/aromatic N) is 6. The van der Waals surface area contributed by atoms with E-state index in [0.717, 1.165) is 22.4 Å². The molecule has 0 bridgehead atoms. The lowest BCUT2D eigenvalue weighted by atomic mass is 10.1. The van der Waals surface area contributed by atoms with Crippen LogP contribution in [-0.2, 0) is 14.1 Å². The Morgan fingerprint density at radius 2 is 2.04 bits per heavy atom. The Bertz CT molecular complexity index is 1040. The lowest BCUT2D eigenvalue weighted by Crippen LogP contribution is -2.18. The van der Waals surface area contributed by atoms with Crippen LogP contribution in [0, 0.1) is 5.82 Å². The molecule has 0 fully saturated rings. The monoisotopic (exact) mass is 337 g/mol. The van der Waals surface area contributed by atoms with Gasteiger partial charge in [-0.05, 0) is 17.7 Å². The molecule has 0 aliphatic carbocycles. The molecule has 25 heavy (non-hydrogen) atoms. The molecule has 1 N–H and O–H groups in total. The van der Waals surface area contributed by atoms with Crippen molar-refractivity contribution < 1.29 is 4.39 Å². The second-order valence-electron chi connectivity index (χ2n) is 5.76. The summed E-state index contributed by atoms with van der Waals surface area (Å²) in [5.74, 6) is 1.07. The Hall–Kier alpha value is -3.29. The first-order chi connectivity index (χ1) is 12.1. The third kappa shape index (κ3) is 2.71. The number of benzene rings is 1. The lowest BCUT2D eigenvalue weighted by Gasteiger charge is -2.20. The molecular weight excluding hydrogens is 321 g/mol. The highest BCUT2D eigenvalue weighted by molar-refractivity contribution is 5.86. The molecule has 8 heteroatoms. The van der Waals surface area contributed by atoms with E-state index in [9.17, 15) is 4.39 Å². The molecule has 126 valence electrons. The Balaban J connectivity index is 1.82. The topological polar surface area (TPSA) is 73.5 Å². The van der Waals surface area contributed by atoms with E-state index < -0.39 is 0 Å². The summed E-state index contributed by atoms with van der Waals surface area (Å²) in [6.45, 7) is 0. The summed E-state index contributed by atoms with van der Waals surface area (Å²) >= 11 is 0. The summed E-state index contributed by atoms with van der Waals surface area (Å²) in [5, 5.41) is 8.38. The van der Waals surface area contributed by atoms with Gasteiger partial charge in [-0.25, -0.2) is 19.3 Å². The van der Waals surface area contributed by atoms with Gasteiger partial charge in [0.05, 0.1) is 11.6 Å². The number of hydrogen-bond acceptors (Lipinski definition) is 5. The molecule has 0 radical (unpaired) electrons.